The molecule has 0 aliphatic carbocycles. The zero-order valence-electron chi connectivity index (χ0n) is 10.2. The lowest BCUT2D eigenvalue weighted by molar-refractivity contribution is 0.405. The normalized spacial score (nSPS) is 10.4. The van der Waals surface area contributed by atoms with Gasteiger partial charge in [0.1, 0.15) is 5.75 Å². The van der Waals surface area contributed by atoms with Crippen LogP contribution in [0.15, 0.2) is 12.1 Å². The van der Waals surface area contributed by atoms with Crippen LogP contribution in [0.4, 0.5) is 0 Å². The third-order valence-corrected chi connectivity index (χ3v) is 2.78. The minimum Gasteiger partial charge on any atom is -0.496 e. The van der Waals surface area contributed by atoms with Gasteiger partial charge in [-0.3, -0.25) is 0 Å². The third-order valence-electron chi connectivity index (χ3n) is 2.78. The molecule has 0 saturated carbocycles. The molecule has 1 rings (SSSR count). The molecule has 0 atom stereocenters. The lowest BCUT2D eigenvalue weighted by Gasteiger charge is -2.13. The lowest BCUT2D eigenvalue weighted by atomic mass is 10.0. The Labute approximate surface area is 92.6 Å². The van der Waals surface area contributed by atoms with Gasteiger partial charge in [0.05, 0.1) is 7.11 Å². The van der Waals surface area contributed by atoms with Crippen molar-refractivity contribution in [3.63, 3.8) is 0 Å². The Morgan fingerprint density at radius 3 is 2.60 bits per heavy atom. The molecule has 1 N–H and O–H groups in total. The fourth-order valence-electron chi connectivity index (χ4n) is 1.73. The molecule has 0 saturated heterocycles. The van der Waals surface area contributed by atoms with Gasteiger partial charge in [0.25, 0.3) is 0 Å². The summed E-state index contributed by atoms with van der Waals surface area (Å²) < 4.78 is 5.46. The molecular weight excluding hydrogens is 186 g/mol. The van der Waals surface area contributed by atoms with E-state index < -0.39 is 0 Å². The summed E-state index contributed by atoms with van der Waals surface area (Å²) >= 11 is 0. The van der Waals surface area contributed by atoms with Crippen molar-refractivity contribution in [3.8, 4) is 5.75 Å². The van der Waals surface area contributed by atoms with E-state index in [1.165, 1.54) is 16.7 Å². The van der Waals surface area contributed by atoms with Crippen LogP contribution >= 0.6 is 0 Å². The maximum atomic E-state index is 5.46. The van der Waals surface area contributed by atoms with Crippen LogP contribution in [0.5, 0.6) is 5.75 Å². The Morgan fingerprint density at radius 1 is 1.27 bits per heavy atom. The summed E-state index contributed by atoms with van der Waals surface area (Å²) in [4.78, 5) is 0. The second kappa shape index (κ2) is 5.76. The smallest absolute Gasteiger partial charge is 0.125 e. The first-order chi connectivity index (χ1) is 7.20. The summed E-state index contributed by atoms with van der Waals surface area (Å²) in [6, 6.07) is 4.33. The SMILES string of the molecule is CCNCCc1ccc(C)c(C)c1OC. The largest absolute Gasteiger partial charge is 0.496 e. The average molecular weight is 207 g/mol. The molecule has 15 heavy (non-hydrogen) atoms. The molecule has 0 fully saturated rings. The molecule has 0 amide bonds. The zero-order chi connectivity index (χ0) is 11.3. The van der Waals surface area contributed by atoms with Crippen molar-refractivity contribution in [3.05, 3.63) is 28.8 Å². The summed E-state index contributed by atoms with van der Waals surface area (Å²) in [7, 11) is 1.75. The first kappa shape index (κ1) is 12.1. The van der Waals surface area contributed by atoms with E-state index in [0.717, 1.165) is 25.3 Å². The number of rotatable bonds is 5. The second-order valence-corrected chi connectivity index (χ2v) is 3.80. The molecule has 0 unspecified atom stereocenters. The lowest BCUT2D eigenvalue weighted by Crippen LogP contribution is -2.16. The van der Waals surface area contributed by atoms with Crippen LogP contribution in [-0.4, -0.2) is 20.2 Å². The van der Waals surface area contributed by atoms with E-state index in [2.05, 4.69) is 38.2 Å². The predicted molar refractivity (Wildman–Crippen MR) is 64.7 cm³/mol. The van der Waals surface area contributed by atoms with Crippen molar-refractivity contribution in [2.24, 2.45) is 0 Å². The monoisotopic (exact) mass is 207 g/mol. The van der Waals surface area contributed by atoms with Gasteiger partial charge in [-0.05, 0) is 50.0 Å². The standard InChI is InChI=1S/C13H21NO/c1-5-14-9-8-12-7-6-10(2)11(3)13(12)15-4/h6-7,14H,5,8-9H2,1-4H3. The molecule has 0 radical (unpaired) electrons. The highest BCUT2D eigenvalue weighted by Crippen LogP contribution is 2.26. The van der Waals surface area contributed by atoms with Gasteiger partial charge in [-0.2, -0.15) is 0 Å². The Bertz CT molecular complexity index is 321. The van der Waals surface area contributed by atoms with Gasteiger partial charge in [-0.25, -0.2) is 0 Å². The zero-order valence-corrected chi connectivity index (χ0v) is 10.2. The van der Waals surface area contributed by atoms with E-state index >= 15 is 0 Å². The molecule has 1 aromatic carbocycles. The maximum absolute atomic E-state index is 5.46. The molecule has 0 heterocycles. The molecule has 0 spiro atoms. The molecule has 0 aliphatic heterocycles. The summed E-state index contributed by atoms with van der Waals surface area (Å²) in [5, 5.41) is 3.33. The van der Waals surface area contributed by atoms with Crippen LogP contribution in [0, 0.1) is 13.8 Å². The molecule has 84 valence electrons. The van der Waals surface area contributed by atoms with Crippen LogP contribution < -0.4 is 10.1 Å². The number of likely N-dealkylation sites (N-methyl/N-ethyl adjacent to an activating group) is 1. The number of methoxy groups -OCH3 is 1. The minimum absolute atomic E-state index is 1.01. The van der Waals surface area contributed by atoms with Crippen LogP contribution in [0.2, 0.25) is 0 Å². The number of benzene rings is 1. The number of aryl methyl sites for hydroxylation is 1. The summed E-state index contributed by atoms with van der Waals surface area (Å²) in [5.41, 5.74) is 3.84. The fourth-order valence-corrected chi connectivity index (χ4v) is 1.73. The average Bonchev–Trinajstić information content (AvgIpc) is 2.24. The quantitative estimate of drug-likeness (QED) is 0.749. The third kappa shape index (κ3) is 2.96. The maximum Gasteiger partial charge on any atom is 0.125 e. The van der Waals surface area contributed by atoms with Crippen molar-refractivity contribution in [1.29, 1.82) is 0 Å². The molecule has 1 aromatic rings. The number of ether oxygens (including phenoxy) is 1. The Kier molecular flexibility index (Phi) is 4.63. The van der Waals surface area contributed by atoms with Gasteiger partial charge in [0.15, 0.2) is 0 Å². The highest BCUT2D eigenvalue weighted by Gasteiger charge is 2.07. The van der Waals surface area contributed by atoms with E-state index in [1.54, 1.807) is 7.11 Å². The van der Waals surface area contributed by atoms with Gasteiger partial charge < -0.3 is 10.1 Å². The molecule has 2 nitrogen and oxygen atoms in total. The van der Waals surface area contributed by atoms with Crippen LogP contribution in [0.25, 0.3) is 0 Å². The molecule has 0 aliphatic rings. The summed E-state index contributed by atoms with van der Waals surface area (Å²) in [6.07, 6.45) is 1.03. The van der Waals surface area contributed by atoms with Crippen molar-refractivity contribution >= 4 is 0 Å². The van der Waals surface area contributed by atoms with Gasteiger partial charge in [0, 0.05) is 0 Å². The summed E-state index contributed by atoms with van der Waals surface area (Å²) in [6.45, 7) is 8.39. The minimum atomic E-state index is 1.01. The molecule has 2 heteroatoms. The highest BCUT2D eigenvalue weighted by molar-refractivity contribution is 5.45. The Hall–Kier alpha value is -1.02. The summed E-state index contributed by atoms with van der Waals surface area (Å²) in [5.74, 6) is 1.05. The van der Waals surface area contributed by atoms with Gasteiger partial charge in [-0.1, -0.05) is 19.1 Å². The Balaban J connectivity index is 2.83. The van der Waals surface area contributed by atoms with E-state index in [1.807, 2.05) is 0 Å². The number of hydrogen-bond acceptors (Lipinski definition) is 2. The van der Waals surface area contributed by atoms with Gasteiger partial charge in [-0.15, -0.1) is 0 Å². The van der Waals surface area contributed by atoms with Gasteiger partial charge >= 0.3 is 0 Å². The van der Waals surface area contributed by atoms with E-state index in [-0.39, 0.29) is 0 Å². The van der Waals surface area contributed by atoms with Crippen molar-refractivity contribution in [2.75, 3.05) is 20.2 Å². The topological polar surface area (TPSA) is 21.3 Å². The van der Waals surface area contributed by atoms with E-state index in [9.17, 15) is 0 Å². The first-order valence-corrected chi connectivity index (χ1v) is 5.54. The van der Waals surface area contributed by atoms with E-state index in [0.29, 0.717) is 0 Å². The molecular formula is C13H21NO. The van der Waals surface area contributed by atoms with Gasteiger partial charge in [0.2, 0.25) is 0 Å². The van der Waals surface area contributed by atoms with Crippen molar-refractivity contribution < 1.29 is 4.74 Å². The number of nitrogens with one attached hydrogen (secondary N) is 1. The van der Waals surface area contributed by atoms with Crippen LogP contribution in [-0.2, 0) is 6.42 Å². The predicted octanol–water partition coefficient (Wildman–Crippen LogP) is 2.46. The van der Waals surface area contributed by atoms with E-state index in [4.69, 9.17) is 4.74 Å². The van der Waals surface area contributed by atoms with Crippen molar-refractivity contribution in [1.82, 2.24) is 5.32 Å². The van der Waals surface area contributed by atoms with Crippen LogP contribution in [0.3, 0.4) is 0 Å². The number of hydrogen-bond donors (Lipinski definition) is 1. The first-order valence-electron chi connectivity index (χ1n) is 5.54. The molecule has 0 aromatic heterocycles. The second-order valence-electron chi connectivity index (χ2n) is 3.80. The van der Waals surface area contributed by atoms with Crippen molar-refractivity contribution in [2.45, 2.75) is 27.2 Å². The van der Waals surface area contributed by atoms with Crippen LogP contribution in [0.1, 0.15) is 23.6 Å². The highest BCUT2D eigenvalue weighted by atomic mass is 16.5. The Morgan fingerprint density at radius 2 is 2.00 bits per heavy atom. The molecule has 0 bridgehead atoms. The fraction of sp³-hybridized carbons (Fsp3) is 0.538.